The van der Waals surface area contributed by atoms with Gasteiger partial charge < -0.3 is 20.1 Å². The fourth-order valence-electron chi connectivity index (χ4n) is 1.61. The molecule has 0 spiro atoms. The minimum Gasteiger partial charge on any atom is -0.481 e. The van der Waals surface area contributed by atoms with Crippen molar-refractivity contribution in [2.75, 3.05) is 26.2 Å². The average Bonchev–Trinajstić information content (AvgIpc) is 2.38. The first kappa shape index (κ1) is 18.2. The molecule has 0 aromatic heterocycles. The second kappa shape index (κ2) is 10.1. The van der Waals surface area contributed by atoms with E-state index in [0.29, 0.717) is 19.4 Å². The third kappa shape index (κ3) is 6.96. The quantitative estimate of drug-likeness (QED) is 0.619. The van der Waals surface area contributed by atoms with Crippen molar-refractivity contribution < 1.29 is 24.2 Å². The van der Waals surface area contributed by atoms with Crippen LogP contribution in [0.15, 0.2) is 0 Å². The lowest BCUT2D eigenvalue weighted by Gasteiger charge is -2.22. The number of carbonyl (C=O) groups excluding carboxylic acids is 2. The summed E-state index contributed by atoms with van der Waals surface area (Å²) >= 11 is 0. The van der Waals surface area contributed by atoms with Gasteiger partial charge in [0.15, 0.2) is 0 Å². The van der Waals surface area contributed by atoms with Crippen LogP contribution in [0.5, 0.6) is 0 Å². The number of rotatable bonds is 9. The lowest BCUT2D eigenvalue weighted by molar-refractivity contribution is -0.144. The Labute approximate surface area is 119 Å². The summed E-state index contributed by atoms with van der Waals surface area (Å²) in [5, 5.41) is 11.5. The molecule has 0 aromatic rings. The van der Waals surface area contributed by atoms with Crippen molar-refractivity contribution >= 4 is 18.0 Å². The number of aliphatic carboxylic acids is 1. The van der Waals surface area contributed by atoms with Gasteiger partial charge in [-0.15, -0.1) is 0 Å². The first-order valence-electron chi connectivity index (χ1n) is 6.87. The Kier molecular flexibility index (Phi) is 9.15. The van der Waals surface area contributed by atoms with Gasteiger partial charge in [-0.3, -0.25) is 9.59 Å². The molecule has 1 atom stereocenters. The standard InChI is InChI=1S/C13H24N2O5/c1-4-7-15(9-11(16)20-6-3)13(19)14-8-10(5-2)12(17)18/h10H,4-9H2,1-3H3,(H,14,19)(H,17,18). The van der Waals surface area contributed by atoms with E-state index in [9.17, 15) is 14.4 Å². The fourth-order valence-corrected chi connectivity index (χ4v) is 1.61. The van der Waals surface area contributed by atoms with Gasteiger partial charge >= 0.3 is 18.0 Å². The van der Waals surface area contributed by atoms with Crippen molar-refractivity contribution in [1.29, 1.82) is 0 Å². The Bertz CT molecular complexity index is 333. The number of hydrogen-bond donors (Lipinski definition) is 2. The maximum atomic E-state index is 11.9. The number of urea groups is 1. The third-order valence-electron chi connectivity index (χ3n) is 2.75. The summed E-state index contributed by atoms with van der Waals surface area (Å²) in [7, 11) is 0. The van der Waals surface area contributed by atoms with Gasteiger partial charge in [-0.05, 0) is 19.8 Å². The van der Waals surface area contributed by atoms with Crippen LogP contribution in [0, 0.1) is 5.92 Å². The molecular formula is C13H24N2O5. The SMILES string of the molecule is CCCN(CC(=O)OCC)C(=O)NCC(CC)C(=O)O. The Hall–Kier alpha value is -1.79. The Balaban J connectivity index is 4.41. The first-order chi connectivity index (χ1) is 9.46. The number of esters is 1. The largest absolute Gasteiger partial charge is 0.481 e. The van der Waals surface area contributed by atoms with Gasteiger partial charge in [0, 0.05) is 13.1 Å². The van der Waals surface area contributed by atoms with Crippen LogP contribution in [0.2, 0.25) is 0 Å². The molecule has 0 aliphatic heterocycles. The number of carboxylic acids is 1. The number of carbonyl (C=O) groups is 3. The molecule has 7 nitrogen and oxygen atoms in total. The van der Waals surface area contributed by atoms with E-state index in [2.05, 4.69) is 5.32 Å². The molecule has 0 aromatic carbocycles. The highest BCUT2D eigenvalue weighted by Gasteiger charge is 2.20. The second-order valence-electron chi connectivity index (χ2n) is 4.36. The molecule has 2 amide bonds. The van der Waals surface area contributed by atoms with Crippen molar-refractivity contribution in [3.05, 3.63) is 0 Å². The average molecular weight is 288 g/mol. The van der Waals surface area contributed by atoms with E-state index in [-0.39, 0.29) is 19.7 Å². The summed E-state index contributed by atoms with van der Waals surface area (Å²) in [6.45, 7) is 5.92. The summed E-state index contributed by atoms with van der Waals surface area (Å²) in [4.78, 5) is 35.5. The predicted molar refractivity (Wildman–Crippen MR) is 73.3 cm³/mol. The van der Waals surface area contributed by atoms with Crippen LogP contribution in [0.3, 0.4) is 0 Å². The maximum absolute atomic E-state index is 11.9. The topological polar surface area (TPSA) is 95.9 Å². The van der Waals surface area contributed by atoms with E-state index in [4.69, 9.17) is 9.84 Å². The third-order valence-corrected chi connectivity index (χ3v) is 2.75. The zero-order valence-electron chi connectivity index (χ0n) is 12.3. The molecule has 0 aliphatic rings. The van der Waals surface area contributed by atoms with Gasteiger partial charge in [-0.1, -0.05) is 13.8 Å². The molecule has 0 saturated carbocycles. The molecule has 0 fully saturated rings. The molecule has 0 rings (SSSR count). The summed E-state index contributed by atoms with van der Waals surface area (Å²) in [6, 6.07) is -0.445. The lowest BCUT2D eigenvalue weighted by atomic mass is 10.1. The Morgan fingerprint density at radius 3 is 2.35 bits per heavy atom. The number of carboxylic acid groups (broad SMARTS) is 1. The number of nitrogens with one attached hydrogen (secondary N) is 1. The van der Waals surface area contributed by atoms with E-state index in [0.717, 1.165) is 0 Å². The highest BCUT2D eigenvalue weighted by Crippen LogP contribution is 2.02. The van der Waals surface area contributed by atoms with Gasteiger partial charge in [0.2, 0.25) is 0 Å². The van der Waals surface area contributed by atoms with Gasteiger partial charge in [0.1, 0.15) is 6.54 Å². The van der Waals surface area contributed by atoms with Gasteiger partial charge in [0.25, 0.3) is 0 Å². The summed E-state index contributed by atoms with van der Waals surface area (Å²) in [6.07, 6.45) is 1.13. The van der Waals surface area contributed by atoms with Crippen molar-refractivity contribution in [2.24, 2.45) is 5.92 Å². The monoisotopic (exact) mass is 288 g/mol. The zero-order valence-corrected chi connectivity index (χ0v) is 12.3. The number of nitrogens with zero attached hydrogens (tertiary/aromatic N) is 1. The molecule has 0 radical (unpaired) electrons. The first-order valence-corrected chi connectivity index (χ1v) is 6.87. The molecule has 1 unspecified atom stereocenters. The minimum atomic E-state index is -0.944. The second-order valence-corrected chi connectivity index (χ2v) is 4.36. The Morgan fingerprint density at radius 2 is 1.90 bits per heavy atom. The van der Waals surface area contributed by atoms with Crippen LogP contribution in [0.25, 0.3) is 0 Å². The van der Waals surface area contributed by atoms with Crippen LogP contribution < -0.4 is 5.32 Å². The molecule has 0 bridgehead atoms. The lowest BCUT2D eigenvalue weighted by Crippen LogP contribution is -2.45. The van der Waals surface area contributed by atoms with E-state index in [1.165, 1.54) is 4.90 Å². The fraction of sp³-hybridized carbons (Fsp3) is 0.769. The van der Waals surface area contributed by atoms with Crippen LogP contribution in [-0.4, -0.2) is 54.2 Å². The van der Waals surface area contributed by atoms with E-state index >= 15 is 0 Å². The highest BCUT2D eigenvalue weighted by molar-refractivity contribution is 5.81. The zero-order chi connectivity index (χ0) is 15.5. The van der Waals surface area contributed by atoms with E-state index in [1.807, 2.05) is 6.92 Å². The summed E-state index contributed by atoms with van der Waals surface area (Å²) in [5.74, 6) is -2.04. The Morgan fingerprint density at radius 1 is 1.25 bits per heavy atom. The molecule has 0 saturated heterocycles. The maximum Gasteiger partial charge on any atom is 0.325 e. The highest BCUT2D eigenvalue weighted by atomic mass is 16.5. The normalized spacial score (nSPS) is 11.6. The smallest absolute Gasteiger partial charge is 0.325 e. The van der Waals surface area contributed by atoms with Crippen molar-refractivity contribution in [3.63, 3.8) is 0 Å². The van der Waals surface area contributed by atoms with Crippen molar-refractivity contribution in [3.8, 4) is 0 Å². The van der Waals surface area contributed by atoms with Crippen LogP contribution >= 0.6 is 0 Å². The predicted octanol–water partition coefficient (Wildman–Crippen LogP) is 1.08. The van der Waals surface area contributed by atoms with Crippen LogP contribution in [0.1, 0.15) is 33.6 Å². The molecule has 0 heterocycles. The van der Waals surface area contributed by atoms with Gasteiger partial charge in [-0.25, -0.2) is 4.79 Å². The molecule has 20 heavy (non-hydrogen) atoms. The van der Waals surface area contributed by atoms with Crippen molar-refractivity contribution in [1.82, 2.24) is 10.2 Å². The van der Waals surface area contributed by atoms with Crippen LogP contribution in [-0.2, 0) is 14.3 Å². The number of hydrogen-bond acceptors (Lipinski definition) is 4. The molecule has 7 heteroatoms. The molecule has 0 aliphatic carbocycles. The minimum absolute atomic E-state index is 0.0493. The molecular weight excluding hydrogens is 264 g/mol. The summed E-state index contributed by atoms with van der Waals surface area (Å²) < 4.78 is 4.80. The number of ether oxygens (including phenoxy) is 1. The van der Waals surface area contributed by atoms with Crippen LogP contribution in [0.4, 0.5) is 4.79 Å². The molecule has 116 valence electrons. The van der Waals surface area contributed by atoms with Gasteiger partial charge in [0.05, 0.1) is 12.5 Å². The van der Waals surface area contributed by atoms with E-state index < -0.39 is 23.9 Å². The van der Waals surface area contributed by atoms with E-state index in [1.54, 1.807) is 13.8 Å². The van der Waals surface area contributed by atoms with Crippen molar-refractivity contribution in [2.45, 2.75) is 33.6 Å². The van der Waals surface area contributed by atoms with Gasteiger partial charge in [-0.2, -0.15) is 0 Å². The molecule has 2 N–H and O–H groups in total. The number of amides is 2. The summed E-state index contributed by atoms with van der Waals surface area (Å²) in [5.41, 5.74) is 0.